The number of hydrogen-bond acceptors (Lipinski definition) is 4. The van der Waals surface area contributed by atoms with Crippen LogP contribution in [0.2, 0.25) is 0 Å². The zero-order valence-corrected chi connectivity index (χ0v) is 13.8. The number of carbonyl (C=O) groups excluding carboxylic acids is 2. The lowest BCUT2D eigenvalue weighted by atomic mass is 10.1. The number of hydrazone groups is 1. The summed E-state index contributed by atoms with van der Waals surface area (Å²) in [5.41, 5.74) is 5.81. The van der Waals surface area contributed by atoms with Crippen LogP contribution in [0.15, 0.2) is 47.6 Å². The van der Waals surface area contributed by atoms with Gasteiger partial charge in [-0.15, -0.1) is 0 Å². The van der Waals surface area contributed by atoms with Gasteiger partial charge >= 0.3 is 11.8 Å². The van der Waals surface area contributed by atoms with Crippen molar-refractivity contribution in [1.82, 2.24) is 5.43 Å². The average Bonchev–Trinajstić information content (AvgIpc) is 2.58. The highest BCUT2D eigenvalue weighted by molar-refractivity contribution is 6.39. The van der Waals surface area contributed by atoms with E-state index in [0.29, 0.717) is 11.4 Å². The number of hydrogen-bond donors (Lipinski definition) is 2. The van der Waals surface area contributed by atoms with Gasteiger partial charge in [-0.25, -0.2) is 5.43 Å². The summed E-state index contributed by atoms with van der Waals surface area (Å²) in [4.78, 5) is 23.6. The quantitative estimate of drug-likeness (QED) is 0.515. The molecule has 0 spiro atoms. The standard InChI is InChI=1S/C18H19N3O3/c1-12-7-8-14(9-13(12)2)11-19-21-18(23)17(22)20-15-5-4-6-16(10-15)24-3/h4-11H,1-3H3,(H,20,22)(H,21,23)/b19-11-. The van der Waals surface area contributed by atoms with Crippen molar-refractivity contribution in [2.45, 2.75) is 13.8 Å². The molecule has 0 aliphatic rings. The maximum atomic E-state index is 11.8. The molecule has 6 nitrogen and oxygen atoms in total. The lowest BCUT2D eigenvalue weighted by Gasteiger charge is -2.06. The third-order valence-corrected chi connectivity index (χ3v) is 3.44. The number of nitrogens with zero attached hydrogens (tertiary/aromatic N) is 1. The van der Waals surface area contributed by atoms with Crippen LogP contribution in [0.5, 0.6) is 5.75 Å². The molecular weight excluding hydrogens is 306 g/mol. The van der Waals surface area contributed by atoms with E-state index < -0.39 is 11.8 Å². The number of methoxy groups -OCH3 is 1. The summed E-state index contributed by atoms with van der Waals surface area (Å²) in [6.45, 7) is 4.01. The van der Waals surface area contributed by atoms with E-state index in [-0.39, 0.29) is 0 Å². The predicted molar refractivity (Wildman–Crippen MR) is 93.3 cm³/mol. The highest BCUT2D eigenvalue weighted by Gasteiger charge is 2.13. The van der Waals surface area contributed by atoms with Crippen molar-refractivity contribution in [2.75, 3.05) is 12.4 Å². The number of amides is 2. The van der Waals surface area contributed by atoms with E-state index in [1.807, 2.05) is 32.0 Å². The maximum absolute atomic E-state index is 11.8. The van der Waals surface area contributed by atoms with E-state index in [1.165, 1.54) is 18.9 Å². The molecule has 0 bridgehead atoms. The number of nitrogens with one attached hydrogen (secondary N) is 2. The Morgan fingerprint density at radius 3 is 2.54 bits per heavy atom. The number of rotatable bonds is 4. The lowest BCUT2D eigenvalue weighted by molar-refractivity contribution is -0.136. The molecule has 0 radical (unpaired) electrons. The Kier molecular flexibility index (Phi) is 5.68. The second-order valence-corrected chi connectivity index (χ2v) is 5.23. The smallest absolute Gasteiger partial charge is 0.329 e. The van der Waals surface area contributed by atoms with E-state index in [1.54, 1.807) is 24.3 Å². The summed E-state index contributed by atoms with van der Waals surface area (Å²) in [6, 6.07) is 12.5. The second-order valence-electron chi connectivity index (χ2n) is 5.23. The van der Waals surface area contributed by atoms with E-state index in [2.05, 4.69) is 15.8 Å². The third kappa shape index (κ3) is 4.67. The third-order valence-electron chi connectivity index (χ3n) is 3.44. The van der Waals surface area contributed by atoms with Crippen LogP contribution in [-0.4, -0.2) is 25.1 Å². The largest absolute Gasteiger partial charge is 0.497 e. The van der Waals surface area contributed by atoms with Crippen LogP contribution in [0.25, 0.3) is 0 Å². The normalized spacial score (nSPS) is 10.5. The second kappa shape index (κ2) is 7.92. The van der Waals surface area contributed by atoms with Crippen LogP contribution in [0.4, 0.5) is 5.69 Å². The summed E-state index contributed by atoms with van der Waals surface area (Å²) < 4.78 is 5.05. The van der Waals surface area contributed by atoms with Gasteiger partial charge in [0.15, 0.2) is 0 Å². The van der Waals surface area contributed by atoms with Crippen LogP contribution in [-0.2, 0) is 9.59 Å². The molecule has 0 aromatic heterocycles. The van der Waals surface area contributed by atoms with E-state index in [4.69, 9.17) is 4.74 Å². The van der Waals surface area contributed by atoms with Crippen molar-refractivity contribution in [3.05, 3.63) is 59.2 Å². The molecule has 0 aliphatic carbocycles. The summed E-state index contributed by atoms with van der Waals surface area (Å²) in [5, 5.41) is 6.28. The van der Waals surface area contributed by atoms with Gasteiger partial charge in [-0.2, -0.15) is 5.10 Å². The molecule has 124 valence electrons. The Hall–Kier alpha value is -3.15. The van der Waals surface area contributed by atoms with E-state index in [0.717, 1.165) is 11.1 Å². The SMILES string of the molecule is COc1cccc(NC(=O)C(=O)N/N=C\c2ccc(C)c(C)c2)c1. The highest BCUT2D eigenvalue weighted by Crippen LogP contribution is 2.16. The molecule has 6 heteroatoms. The molecule has 0 saturated carbocycles. The highest BCUT2D eigenvalue weighted by atomic mass is 16.5. The van der Waals surface area contributed by atoms with Crippen LogP contribution in [0.1, 0.15) is 16.7 Å². The Bertz CT molecular complexity index is 785. The monoisotopic (exact) mass is 325 g/mol. The Morgan fingerprint density at radius 1 is 1.04 bits per heavy atom. The molecule has 0 heterocycles. The number of anilines is 1. The van der Waals surface area contributed by atoms with Gasteiger partial charge in [-0.3, -0.25) is 9.59 Å². The molecule has 0 fully saturated rings. The number of benzene rings is 2. The van der Waals surface area contributed by atoms with Crippen molar-refractivity contribution >= 4 is 23.7 Å². The van der Waals surface area contributed by atoms with Crippen molar-refractivity contribution in [2.24, 2.45) is 5.10 Å². The molecule has 2 rings (SSSR count). The number of carbonyl (C=O) groups is 2. The lowest BCUT2D eigenvalue weighted by Crippen LogP contribution is -2.32. The van der Waals surface area contributed by atoms with Gasteiger partial charge in [0.05, 0.1) is 13.3 Å². The van der Waals surface area contributed by atoms with Crippen molar-refractivity contribution < 1.29 is 14.3 Å². The van der Waals surface area contributed by atoms with Gasteiger partial charge in [0, 0.05) is 11.8 Å². The van der Waals surface area contributed by atoms with Gasteiger partial charge in [0.25, 0.3) is 0 Å². The summed E-state index contributed by atoms with van der Waals surface area (Å²) in [7, 11) is 1.52. The first-order valence-electron chi connectivity index (χ1n) is 7.35. The Balaban J connectivity index is 1.92. The fourth-order valence-electron chi connectivity index (χ4n) is 1.95. The molecule has 0 unspecified atom stereocenters. The van der Waals surface area contributed by atoms with Gasteiger partial charge in [0.1, 0.15) is 5.75 Å². The average molecular weight is 325 g/mol. The number of aryl methyl sites for hydroxylation is 2. The van der Waals surface area contributed by atoms with Crippen molar-refractivity contribution in [3.8, 4) is 5.75 Å². The van der Waals surface area contributed by atoms with Crippen LogP contribution in [0, 0.1) is 13.8 Å². The van der Waals surface area contributed by atoms with E-state index >= 15 is 0 Å². The molecule has 0 atom stereocenters. The minimum Gasteiger partial charge on any atom is -0.497 e. The first kappa shape index (κ1) is 17.2. The topological polar surface area (TPSA) is 79.8 Å². The summed E-state index contributed by atoms with van der Waals surface area (Å²) >= 11 is 0. The zero-order chi connectivity index (χ0) is 17.5. The molecule has 2 aromatic carbocycles. The zero-order valence-electron chi connectivity index (χ0n) is 13.8. The minimum absolute atomic E-state index is 0.465. The molecule has 2 N–H and O–H groups in total. The first-order chi connectivity index (χ1) is 11.5. The molecular formula is C18H19N3O3. The van der Waals surface area contributed by atoms with Crippen LogP contribution >= 0.6 is 0 Å². The maximum Gasteiger partial charge on any atom is 0.329 e. The van der Waals surface area contributed by atoms with Gasteiger partial charge in [0.2, 0.25) is 0 Å². The van der Waals surface area contributed by atoms with Gasteiger partial charge < -0.3 is 10.1 Å². The fraction of sp³-hybridized carbons (Fsp3) is 0.167. The molecule has 2 amide bonds. The van der Waals surface area contributed by atoms with Crippen molar-refractivity contribution in [1.29, 1.82) is 0 Å². The molecule has 2 aromatic rings. The minimum atomic E-state index is -0.849. The molecule has 0 aliphatic heterocycles. The molecule has 24 heavy (non-hydrogen) atoms. The van der Waals surface area contributed by atoms with Gasteiger partial charge in [-0.05, 0) is 42.7 Å². The van der Waals surface area contributed by atoms with Gasteiger partial charge in [-0.1, -0.05) is 24.3 Å². The van der Waals surface area contributed by atoms with E-state index in [9.17, 15) is 9.59 Å². The summed E-state index contributed by atoms with van der Waals surface area (Å²) in [5.74, 6) is -1.07. The predicted octanol–water partition coefficient (Wildman–Crippen LogP) is 2.40. The van der Waals surface area contributed by atoms with Crippen LogP contribution in [0.3, 0.4) is 0 Å². The Labute approximate surface area is 140 Å². The molecule has 0 saturated heterocycles. The Morgan fingerprint density at radius 2 is 1.83 bits per heavy atom. The number of ether oxygens (including phenoxy) is 1. The van der Waals surface area contributed by atoms with Crippen molar-refractivity contribution in [3.63, 3.8) is 0 Å². The fourth-order valence-corrected chi connectivity index (χ4v) is 1.95. The first-order valence-corrected chi connectivity index (χ1v) is 7.35. The summed E-state index contributed by atoms with van der Waals surface area (Å²) in [6.07, 6.45) is 1.49. The van der Waals surface area contributed by atoms with Crippen LogP contribution < -0.4 is 15.5 Å².